The third-order valence-electron chi connectivity index (χ3n) is 15.6. The number of likely N-dealkylation sites (N-methyl/N-ethyl adjacent to an activating group) is 1. The fraction of sp³-hybridized carbons (Fsp3) is 0.286. The van der Waals surface area contributed by atoms with E-state index in [4.69, 9.17) is 23.2 Å². The largest absolute Gasteiger partial charge is 0.336 e. The smallest absolute Gasteiger partial charge is 0.254 e. The van der Waals surface area contributed by atoms with Crippen molar-refractivity contribution in [1.82, 2.24) is 19.6 Å². The van der Waals surface area contributed by atoms with Crippen LogP contribution in [-0.4, -0.2) is 103 Å². The van der Waals surface area contributed by atoms with Gasteiger partial charge in [0.2, 0.25) is 11.8 Å². The molecule has 6 aromatic carbocycles. The molecule has 2 saturated carbocycles. The Morgan fingerprint density at radius 2 is 1.01 bits per heavy atom. The minimum absolute atomic E-state index is 0.0114. The lowest BCUT2D eigenvalue weighted by atomic mass is 9.91. The minimum atomic E-state index is -0.701. The standard InChI is InChI=1S/C56H50Cl2N6O4/c1-59-22-26-61(27-23-59)51(65)40-7-5-9-44(32-40)64-50-30-36(12-21-46(50)56(54(64)68)34-48(56)38-15-19-42(58)20-16-38)35-60-24-28-62(29-25-60)52(66)39-6-4-8-43(31-39)63-49-11-3-2-10-45(49)55(53(63)67)33-47(55)37-13-17-41(57)18-14-37/h2-21,30-32,47-48H,22-29,33-35H2,1H3/t47-,48+,55-,56+/m1/s1. The Morgan fingerprint density at radius 3 is 1.56 bits per heavy atom. The summed E-state index contributed by atoms with van der Waals surface area (Å²) < 4.78 is 0. The zero-order valence-corrected chi connectivity index (χ0v) is 39.3. The molecule has 0 N–H and O–H groups in total. The van der Waals surface area contributed by atoms with E-state index in [1.165, 1.54) is 0 Å². The maximum atomic E-state index is 14.9. The molecule has 6 aliphatic rings. The van der Waals surface area contributed by atoms with Crippen LogP contribution in [0.3, 0.4) is 0 Å². The zero-order valence-electron chi connectivity index (χ0n) is 37.8. The van der Waals surface area contributed by atoms with Gasteiger partial charge in [-0.05, 0) is 121 Å². The van der Waals surface area contributed by atoms with E-state index in [0.717, 1.165) is 58.7 Å². The first-order chi connectivity index (χ1) is 33.0. The summed E-state index contributed by atoms with van der Waals surface area (Å²) in [5, 5.41) is 1.33. The lowest BCUT2D eigenvalue weighted by Gasteiger charge is -2.35. The number of carbonyl (C=O) groups is 4. The number of anilines is 4. The van der Waals surface area contributed by atoms with Crippen LogP contribution in [0, 0.1) is 0 Å². The van der Waals surface area contributed by atoms with Crippen molar-refractivity contribution < 1.29 is 19.2 Å². The molecular formula is C56H50Cl2N6O4. The SMILES string of the molecule is CN1CCN(C(=O)c2cccc(N3C(=O)[C@@]4(C[C@H]4c4ccc(Cl)cc4)c4ccc(CN5CCN(C(=O)c6cccc(N7C(=O)[C@]8(C[C@@H]8c8ccc(Cl)cc8)c8ccccc87)c6)CC5)cc43)c2)CC1. The van der Waals surface area contributed by atoms with Crippen LogP contribution < -0.4 is 9.80 Å². The molecule has 0 radical (unpaired) electrons. The number of rotatable bonds is 8. The summed E-state index contributed by atoms with van der Waals surface area (Å²) in [6, 6.07) is 45.1. The van der Waals surface area contributed by atoms with E-state index in [2.05, 4.69) is 41.1 Å². The number of piperazine rings is 2. The number of hydrogen-bond acceptors (Lipinski definition) is 6. The lowest BCUT2D eigenvalue weighted by molar-refractivity contribution is -0.120. The Labute approximate surface area is 406 Å². The Balaban J connectivity index is 0.763. The summed E-state index contributed by atoms with van der Waals surface area (Å²) in [6.07, 6.45) is 1.42. The molecule has 12 rings (SSSR count). The Morgan fingerprint density at radius 1 is 0.529 bits per heavy atom. The van der Waals surface area contributed by atoms with Gasteiger partial charge in [0.15, 0.2) is 0 Å². The van der Waals surface area contributed by atoms with Crippen molar-refractivity contribution in [1.29, 1.82) is 0 Å². The Hall–Kier alpha value is -6.30. The summed E-state index contributed by atoms with van der Waals surface area (Å²) in [7, 11) is 2.07. The molecular weight excluding hydrogens is 892 g/mol. The summed E-state index contributed by atoms with van der Waals surface area (Å²) in [4.78, 5) is 69.5. The van der Waals surface area contributed by atoms with Crippen molar-refractivity contribution >= 4 is 69.6 Å². The molecule has 0 aromatic heterocycles. The summed E-state index contributed by atoms with van der Waals surface area (Å²) in [5.41, 5.74) is 8.18. The molecule has 4 atom stereocenters. The lowest BCUT2D eigenvalue weighted by Crippen LogP contribution is -2.48. The first-order valence-corrected chi connectivity index (χ1v) is 24.4. The monoisotopic (exact) mass is 940 g/mol. The highest BCUT2D eigenvalue weighted by Crippen LogP contribution is 2.68. The summed E-state index contributed by atoms with van der Waals surface area (Å²) >= 11 is 12.5. The van der Waals surface area contributed by atoms with Crippen LogP contribution in [0.1, 0.15) is 73.2 Å². The van der Waals surface area contributed by atoms with Crippen molar-refractivity contribution in [2.24, 2.45) is 0 Å². The topological polar surface area (TPSA) is 87.7 Å². The molecule has 12 heteroatoms. The molecule has 2 saturated heterocycles. The van der Waals surface area contributed by atoms with Crippen molar-refractivity contribution in [3.8, 4) is 0 Å². The first kappa shape index (κ1) is 43.0. The van der Waals surface area contributed by atoms with Crippen molar-refractivity contribution in [3.63, 3.8) is 0 Å². The van der Waals surface area contributed by atoms with Gasteiger partial charge in [0.1, 0.15) is 0 Å². The minimum Gasteiger partial charge on any atom is -0.336 e. The number of halogens is 2. The number of nitrogens with zero attached hydrogens (tertiary/aromatic N) is 6. The molecule has 2 spiro atoms. The maximum absolute atomic E-state index is 14.9. The van der Waals surface area contributed by atoms with E-state index < -0.39 is 10.8 Å². The van der Waals surface area contributed by atoms with Gasteiger partial charge in [-0.15, -0.1) is 0 Å². The van der Waals surface area contributed by atoms with Crippen molar-refractivity contribution in [2.45, 2.75) is 42.1 Å². The van der Waals surface area contributed by atoms with E-state index in [0.29, 0.717) is 84.8 Å². The van der Waals surface area contributed by atoms with Gasteiger partial charge >= 0.3 is 0 Å². The molecule has 4 aliphatic heterocycles. The Bertz CT molecular complexity index is 3040. The van der Waals surface area contributed by atoms with Gasteiger partial charge in [-0.1, -0.05) is 89.9 Å². The van der Waals surface area contributed by atoms with E-state index in [1.54, 1.807) is 4.90 Å². The van der Waals surface area contributed by atoms with Gasteiger partial charge in [0.05, 0.1) is 22.2 Å². The highest BCUT2D eigenvalue weighted by Gasteiger charge is 2.68. The molecule has 342 valence electrons. The highest BCUT2D eigenvalue weighted by molar-refractivity contribution is 6.31. The average molecular weight is 942 g/mol. The highest BCUT2D eigenvalue weighted by atomic mass is 35.5. The molecule has 10 nitrogen and oxygen atoms in total. The van der Waals surface area contributed by atoms with Crippen LogP contribution in [0.2, 0.25) is 10.0 Å². The van der Waals surface area contributed by atoms with E-state index in [9.17, 15) is 19.2 Å². The fourth-order valence-electron chi connectivity index (χ4n) is 11.7. The first-order valence-electron chi connectivity index (χ1n) is 23.7. The third-order valence-corrected chi connectivity index (χ3v) is 16.1. The number of carbonyl (C=O) groups excluding carboxylic acids is 4. The molecule has 0 bridgehead atoms. The van der Waals surface area contributed by atoms with Crippen LogP contribution in [0.5, 0.6) is 0 Å². The molecule has 0 unspecified atom stereocenters. The molecule has 2 aliphatic carbocycles. The number of benzene rings is 6. The van der Waals surface area contributed by atoms with E-state index in [1.807, 2.05) is 130 Å². The van der Waals surface area contributed by atoms with Gasteiger partial charge in [-0.25, -0.2) is 0 Å². The number of fused-ring (bicyclic) bond motifs is 4. The van der Waals surface area contributed by atoms with Crippen LogP contribution in [0.4, 0.5) is 22.7 Å². The predicted molar refractivity (Wildman–Crippen MR) is 266 cm³/mol. The summed E-state index contributed by atoms with van der Waals surface area (Å²) in [6.45, 7) is 6.09. The second-order valence-corrected chi connectivity index (χ2v) is 20.3. The normalized spacial score (nSPS) is 24.2. The molecule has 4 amide bonds. The number of amides is 4. The van der Waals surface area contributed by atoms with E-state index in [-0.39, 0.29) is 35.5 Å². The fourth-order valence-corrected chi connectivity index (χ4v) is 12.0. The van der Waals surface area contributed by atoms with Crippen LogP contribution in [0.15, 0.2) is 140 Å². The quantitative estimate of drug-likeness (QED) is 0.151. The van der Waals surface area contributed by atoms with Crippen molar-refractivity contribution in [2.75, 3.05) is 69.2 Å². The predicted octanol–water partition coefficient (Wildman–Crippen LogP) is 9.55. The van der Waals surface area contributed by atoms with Crippen LogP contribution >= 0.6 is 23.2 Å². The number of hydrogen-bond donors (Lipinski definition) is 0. The maximum Gasteiger partial charge on any atom is 0.254 e. The van der Waals surface area contributed by atoms with Crippen LogP contribution in [0.25, 0.3) is 0 Å². The molecule has 4 heterocycles. The van der Waals surface area contributed by atoms with Gasteiger partial charge < -0.3 is 14.7 Å². The second-order valence-electron chi connectivity index (χ2n) is 19.5. The third kappa shape index (κ3) is 6.98. The zero-order chi connectivity index (χ0) is 46.5. The van der Waals surface area contributed by atoms with Gasteiger partial charge in [0.25, 0.3) is 11.8 Å². The summed E-state index contributed by atoms with van der Waals surface area (Å²) in [5.74, 6) is 0.0519. The molecule has 4 fully saturated rings. The van der Waals surface area contributed by atoms with E-state index >= 15 is 0 Å². The average Bonchev–Trinajstić information content (AvgIpc) is 4.27. The second kappa shape index (κ2) is 16.4. The van der Waals surface area contributed by atoms with Gasteiger partial charge in [-0.3, -0.25) is 33.9 Å². The number of para-hydroxylation sites is 1. The van der Waals surface area contributed by atoms with Gasteiger partial charge in [-0.2, -0.15) is 0 Å². The molecule has 6 aromatic rings. The molecule has 68 heavy (non-hydrogen) atoms. The van der Waals surface area contributed by atoms with Crippen LogP contribution in [-0.2, 0) is 27.0 Å². The Kier molecular flexibility index (Phi) is 10.4. The van der Waals surface area contributed by atoms with Crippen molar-refractivity contribution in [3.05, 3.63) is 189 Å². The van der Waals surface area contributed by atoms with Gasteiger partial charge in [0, 0.05) is 103 Å².